The Bertz CT molecular complexity index is 3130. The molecule has 0 saturated carbocycles. The van der Waals surface area contributed by atoms with Crippen LogP contribution in [-0.2, 0) is 5.41 Å². The normalized spacial score (nSPS) is 14.5. The van der Waals surface area contributed by atoms with Gasteiger partial charge >= 0.3 is 0 Å². The molecule has 3 nitrogen and oxygen atoms in total. The fourth-order valence-corrected chi connectivity index (χ4v) is 9.04. The summed E-state index contributed by atoms with van der Waals surface area (Å²) in [5.74, 6) is 0.700. The molecule has 57 heavy (non-hydrogen) atoms. The second-order valence-corrected chi connectivity index (χ2v) is 15.0. The van der Waals surface area contributed by atoms with Crippen molar-refractivity contribution in [1.82, 2.24) is 9.97 Å². The SMILES string of the molecule is CC1(c2ccccc2)c2ccccc2-c2c(-c3cc(-c4ccc(-c5ccccc5-c5cccc6c5oc5ccccc56)cc4)nc(-c4ccccc4)n3)cccc21. The molecule has 1 aliphatic rings. The number of furan rings is 1. The van der Waals surface area contributed by atoms with Crippen LogP contribution >= 0.6 is 0 Å². The van der Waals surface area contributed by atoms with Crippen molar-refractivity contribution in [2.45, 2.75) is 12.3 Å². The quantitative estimate of drug-likeness (QED) is 0.171. The Balaban J connectivity index is 1.04. The first-order valence-corrected chi connectivity index (χ1v) is 19.5. The van der Waals surface area contributed by atoms with E-state index in [9.17, 15) is 0 Å². The third-order valence-electron chi connectivity index (χ3n) is 11.8. The van der Waals surface area contributed by atoms with Gasteiger partial charge in [-0.3, -0.25) is 0 Å². The average Bonchev–Trinajstić information content (AvgIpc) is 3.80. The van der Waals surface area contributed by atoms with Crippen LogP contribution in [0.1, 0.15) is 23.6 Å². The highest BCUT2D eigenvalue weighted by Crippen LogP contribution is 2.55. The maximum Gasteiger partial charge on any atom is 0.160 e. The highest BCUT2D eigenvalue weighted by Gasteiger charge is 2.41. The Morgan fingerprint density at radius 3 is 1.81 bits per heavy atom. The number of nitrogens with zero attached hydrogens (tertiary/aromatic N) is 2. The van der Waals surface area contributed by atoms with Crippen LogP contribution in [0.3, 0.4) is 0 Å². The minimum atomic E-state index is -0.302. The minimum Gasteiger partial charge on any atom is -0.455 e. The predicted molar refractivity (Wildman–Crippen MR) is 234 cm³/mol. The molecule has 0 saturated heterocycles. The molecule has 1 atom stereocenters. The molecule has 0 spiro atoms. The lowest BCUT2D eigenvalue weighted by atomic mass is 9.74. The summed E-state index contributed by atoms with van der Waals surface area (Å²) in [5.41, 5.74) is 17.2. The maximum atomic E-state index is 6.47. The van der Waals surface area contributed by atoms with Gasteiger partial charge in [0.15, 0.2) is 5.82 Å². The summed E-state index contributed by atoms with van der Waals surface area (Å²) in [4.78, 5) is 10.5. The Kier molecular flexibility index (Phi) is 7.61. The van der Waals surface area contributed by atoms with E-state index < -0.39 is 0 Å². The van der Waals surface area contributed by atoms with Crippen LogP contribution in [0, 0.1) is 0 Å². The second-order valence-electron chi connectivity index (χ2n) is 15.0. The third kappa shape index (κ3) is 5.27. The van der Waals surface area contributed by atoms with Gasteiger partial charge in [-0.15, -0.1) is 0 Å². The minimum absolute atomic E-state index is 0.302. The predicted octanol–water partition coefficient (Wildman–Crippen LogP) is 14.0. The van der Waals surface area contributed by atoms with E-state index in [-0.39, 0.29) is 5.41 Å². The van der Waals surface area contributed by atoms with Crippen LogP contribution < -0.4 is 0 Å². The molecular weight excluding hydrogens is 693 g/mol. The van der Waals surface area contributed by atoms with E-state index in [1.807, 2.05) is 30.3 Å². The van der Waals surface area contributed by atoms with Crippen molar-refractivity contribution in [2.24, 2.45) is 0 Å². The molecule has 0 bridgehead atoms. The summed E-state index contributed by atoms with van der Waals surface area (Å²) < 4.78 is 6.47. The Labute approximate surface area is 331 Å². The van der Waals surface area contributed by atoms with E-state index >= 15 is 0 Å². The molecule has 0 N–H and O–H groups in total. The van der Waals surface area contributed by atoms with Gasteiger partial charge in [0.25, 0.3) is 0 Å². The summed E-state index contributed by atoms with van der Waals surface area (Å²) in [7, 11) is 0. The topological polar surface area (TPSA) is 38.9 Å². The van der Waals surface area contributed by atoms with Crippen molar-refractivity contribution in [3.63, 3.8) is 0 Å². The van der Waals surface area contributed by atoms with Gasteiger partial charge in [0.2, 0.25) is 0 Å². The molecule has 0 fully saturated rings. The first-order chi connectivity index (χ1) is 28.1. The highest BCUT2D eigenvalue weighted by molar-refractivity contribution is 6.10. The van der Waals surface area contributed by atoms with Crippen LogP contribution in [0.4, 0.5) is 0 Å². The smallest absolute Gasteiger partial charge is 0.160 e. The largest absolute Gasteiger partial charge is 0.455 e. The summed E-state index contributed by atoms with van der Waals surface area (Å²) in [6.45, 7) is 2.36. The summed E-state index contributed by atoms with van der Waals surface area (Å²) in [5, 5.41) is 2.25. The second kappa shape index (κ2) is 13.1. The molecule has 0 amide bonds. The lowest BCUT2D eigenvalue weighted by Crippen LogP contribution is -2.22. The Hall–Kier alpha value is -7.36. The summed E-state index contributed by atoms with van der Waals surface area (Å²) >= 11 is 0. The molecular formula is C54H36N2O. The van der Waals surface area contributed by atoms with E-state index in [0.29, 0.717) is 5.82 Å². The number of aromatic nitrogens is 2. The van der Waals surface area contributed by atoms with Gasteiger partial charge in [-0.05, 0) is 63.6 Å². The molecule has 0 aliphatic heterocycles. The molecule has 1 unspecified atom stereocenters. The van der Waals surface area contributed by atoms with Gasteiger partial charge in [-0.1, -0.05) is 188 Å². The number of hydrogen-bond acceptors (Lipinski definition) is 3. The van der Waals surface area contributed by atoms with E-state index in [1.54, 1.807) is 0 Å². The van der Waals surface area contributed by atoms with Crippen LogP contribution in [0.25, 0.3) is 89.2 Å². The van der Waals surface area contributed by atoms with Crippen molar-refractivity contribution in [3.05, 3.63) is 217 Å². The first-order valence-electron chi connectivity index (χ1n) is 19.5. The number of rotatable bonds is 6. The van der Waals surface area contributed by atoms with E-state index in [1.165, 1.54) is 27.8 Å². The molecule has 8 aromatic carbocycles. The van der Waals surface area contributed by atoms with Crippen LogP contribution in [0.15, 0.2) is 205 Å². The molecule has 3 heteroatoms. The standard InChI is InChI=1S/C54H36N2O/c1-54(38-18-6-3-7-19-38)46-27-12-10-23-44(46)51-45(26-15-28-47(51)54)49-34-48(55-53(56-49)37-16-4-2-5-17-37)36-32-30-35(31-33-36)39-20-8-9-21-40(39)42-24-14-25-43-41-22-11-13-29-50(41)57-52(42)43/h2-34H,1H3. The summed E-state index contributed by atoms with van der Waals surface area (Å²) in [6.07, 6.45) is 0. The Morgan fingerprint density at radius 2 is 0.982 bits per heavy atom. The van der Waals surface area contributed by atoms with Gasteiger partial charge in [0.05, 0.1) is 11.4 Å². The van der Waals surface area contributed by atoms with E-state index in [2.05, 4.69) is 177 Å². The lowest BCUT2D eigenvalue weighted by molar-refractivity contribution is 0.670. The van der Waals surface area contributed by atoms with Gasteiger partial charge in [0.1, 0.15) is 11.2 Å². The highest BCUT2D eigenvalue weighted by atomic mass is 16.3. The van der Waals surface area contributed by atoms with Crippen LogP contribution in [-0.4, -0.2) is 9.97 Å². The van der Waals surface area contributed by atoms with Gasteiger partial charge in [-0.2, -0.15) is 0 Å². The fourth-order valence-electron chi connectivity index (χ4n) is 9.04. The van der Waals surface area contributed by atoms with Crippen molar-refractivity contribution >= 4 is 21.9 Å². The number of benzene rings is 8. The van der Waals surface area contributed by atoms with Crippen LogP contribution in [0.5, 0.6) is 0 Å². The number of fused-ring (bicyclic) bond motifs is 6. The molecule has 10 aromatic rings. The zero-order valence-corrected chi connectivity index (χ0v) is 31.4. The zero-order valence-electron chi connectivity index (χ0n) is 31.4. The molecule has 0 radical (unpaired) electrons. The van der Waals surface area contributed by atoms with Crippen molar-refractivity contribution in [1.29, 1.82) is 0 Å². The monoisotopic (exact) mass is 728 g/mol. The molecule has 1 aliphatic carbocycles. The van der Waals surface area contributed by atoms with Crippen LogP contribution in [0.2, 0.25) is 0 Å². The average molecular weight is 729 g/mol. The molecule has 268 valence electrons. The molecule has 2 heterocycles. The Morgan fingerprint density at radius 1 is 0.404 bits per heavy atom. The van der Waals surface area contributed by atoms with Gasteiger partial charge < -0.3 is 4.42 Å². The third-order valence-corrected chi connectivity index (χ3v) is 11.8. The van der Waals surface area contributed by atoms with Crippen molar-refractivity contribution in [3.8, 4) is 67.3 Å². The zero-order chi connectivity index (χ0) is 37.9. The van der Waals surface area contributed by atoms with Crippen molar-refractivity contribution < 1.29 is 4.42 Å². The lowest BCUT2D eigenvalue weighted by Gasteiger charge is -2.28. The first kappa shape index (κ1) is 33.0. The van der Waals surface area contributed by atoms with Crippen molar-refractivity contribution in [2.75, 3.05) is 0 Å². The van der Waals surface area contributed by atoms with Gasteiger partial charge in [-0.25, -0.2) is 9.97 Å². The van der Waals surface area contributed by atoms with Gasteiger partial charge in [0, 0.05) is 38.4 Å². The number of para-hydroxylation sites is 2. The fraction of sp³-hybridized carbons (Fsp3) is 0.0370. The summed E-state index contributed by atoms with van der Waals surface area (Å²) in [6, 6.07) is 70.9. The molecule has 2 aromatic heterocycles. The molecule has 11 rings (SSSR count). The number of hydrogen-bond donors (Lipinski definition) is 0. The van der Waals surface area contributed by atoms with E-state index in [4.69, 9.17) is 14.4 Å². The van der Waals surface area contributed by atoms with E-state index in [0.717, 1.165) is 72.3 Å². The maximum absolute atomic E-state index is 6.47.